The SMILES string of the molecule is CN(Cc1ccc(O)cc1)c1cc(C#N)ccc1[N+](=O)[O-]. The van der Waals surface area contributed by atoms with Crippen molar-refractivity contribution in [3.8, 4) is 11.8 Å². The molecule has 0 radical (unpaired) electrons. The van der Waals surface area contributed by atoms with Crippen LogP contribution in [0, 0.1) is 21.4 Å². The van der Waals surface area contributed by atoms with Gasteiger partial charge in [0.25, 0.3) is 5.69 Å². The van der Waals surface area contributed by atoms with Crippen molar-refractivity contribution in [2.24, 2.45) is 0 Å². The molecule has 0 unspecified atom stereocenters. The van der Waals surface area contributed by atoms with E-state index in [-0.39, 0.29) is 11.4 Å². The minimum Gasteiger partial charge on any atom is -0.508 e. The van der Waals surface area contributed by atoms with E-state index < -0.39 is 4.92 Å². The number of aromatic hydroxyl groups is 1. The summed E-state index contributed by atoms with van der Waals surface area (Å²) in [7, 11) is 1.72. The molecule has 0 aliphatic carbocycles. The zero-order chi connectivity index (χ0) is 15.4. The molecule has 6 heteroatoms. The van der Waals surface area contributed by atoms with Crippen molar-refractivity contribution in [2.45, 2.75) is 6.54 Å². The molecule has 0 fully saturated rings. The molecule has 0 bridgehead atoms. The van der Waals surface area contributed by atoms with Gasteiger partial charge in [0.1, 0.15) is 11.4 Å². The molecule has 1 N–H and O–H groups in total. The van der Waals surface area contributed by atoms with E-state index in [9.17, 15) is 15.2 Å². The molecule has 0 heterocycles. The van der Waals surface area contributed by atoms with Crippen molar-refractivity contribution in [3.05, 3.63) is 63.7 Å². The highest BCUT2D eigenvalue weighted by atomic mass is 16.6. The molecule has 2 aromatic carbocycles. The Morgan fingerprint density at radius 1 is 1.29 bits per heavy atom. The lowest BCUT2D eigenvalue weighted by Crippen LogP contribution is -2.17. The number of nitro benzene ring substituents is 1. The number of anilines is 1. The van der Waals surface area contributed by atoms with Crippen LogP contribution in [-0.4, -0.2) is 17.1 Å². The van der Waals surface area contributed by atoms with Gasteiger partial charge >= 0.3 is 0 Å². The quantitative estimate of drug-likeness (QED) is 0.688. The zero-order valence-electron chi connectivity index (χ0n) is 11.4. The first-order valence-electron chi connectivity index (χ1n) is 6.19. The van der Waals surface area contributed by atoms with E-state index in [1.165, 1.54) is 18.2 Å². The Labute approximate surface area is 121 Å². The van der Waals surface area contributed by atoms with Crippen LogP contribution in [0.3, 0.4) is 0 Å². The maximum absolute atomic E-state index is 11.1. The highest BCUT2D eigenvalue weighted by molar-refractivity contribution is 5.65. The first kappa shape index (κ1) is 14.3. The van der Waals surface area contributed by atoms with E-state index in [0.29, 0.717) is 17.8 Å². The van der Waals surface area contributed by atoms with Crippen LogP contribution in [0.1, 0.15) is 11.1 Å². The van der Waals surface area contributed by atoms with Gasteiger partial charge in [-0.2, -0.15) is 5.26 Å². The fourth-order valence-electron chi connectivity index (χ4n) is 2.01. The Balaban J connectivity index is 2.33. The summed E-state index contributed by atoms with van der Waals surface area (Å²) >= 11 is 0. The smallest absolute Gasteiger partial charge is 0.292 e. The van der Waals surface area contributed by atoms with Crippen LogP contribution in [0.15, 0.2) is 42.5 Å². The summed E-state index contributed by atoms with van der Waals surface area (Å²) in [6, 6.07) is 12.8. The maximum atomic E-state index is 11.1. The molecule has 106 valence electrons. The van der Waals surface area contributed by atoms with Crippen LogP contribution in [0.5, 0.6) is 5.75 Å². The molecule has 21 heavy (non-hydrogen) atoms. The second-order valence-corrected chi connectivity index (χ2v) is 4.59. The first-order chi connectivity index (χ1) is 10.0. The molecule has 2 aromatic rings. The third kappa shape index (κ3) is 3.28. The summed E-state index contributed by atoms with van der Waals surface area (Å²) in [4.78, 5) is 12.3. The van der Waals surface area contributed by atoms with Crippen molar-refractivity contribution in [2.75, 3.05) is 11.9 Å². The van der Waals surface area contributed by atoms with E-state index in [0.717, 1.165) is 5.56 Å². The number of hydrogen-bond donors (Lipinski definition) is 1. The second kappa shape index (κ2) is 5.92. The third-order valence-corrected chi connectivity index (χ3v) is 3.07. The number of nitriles is 1. The van der Waals surface area contributed by atoms with Crippen molar-refractivity contribution in [1.29, 1.82) is 5.26 Å². The Hall–Kier alpha value is -3.07. The van der Waals surface area contributed by atoms with Gasteiger partial charge in [-0.1, -0.05) is 12.1 Å². The lowest BCUT2D eigenvalue weighted by Gasteiger charge is -2.19. The topological polar surface area (TPSA) is 90.4 Å². The number of benzene rings is 2. The highest BCUT2D eigenvalue weighted by Gasteiger charge is 2.18. The van der Waals surface area contributed by atoms with Crippen LogP contribution in [-0.2, 0) is 6.54 Å². The van der Waals surface area contributed by atoms with Gasteiger partial charge in [-0.05, 0) is 29.8 Å². The maximum Gasteiger partial charge on any atom is 0.292 e. The summed E-state index contributed by atoms with van der Waals surface area (Å²) in [6.45, 7) is 0.427. The molecule has 6 nitrogen and oxygen atoms in total. The van der Waals surface area contributed by atoms with Crippen LogP contribution in [0.25, 0.3) is 0 Å². The molecule has 2 rings (SSSR count). The van der Waals surface area contributed by atoms with Crippen LogP contribution in [0.2, 0.25) is 0 Å². The molecule has 0 saturated heterocycles. The van der Waals surface area contributed by atoms with Gasteiger partial charge in [0.15, 0.2) is 0 Å². The van der Waals surface area contributed by atoms with Crippen LogP contribution in [0.4, 0.5) is 11.4 Å². The van der Waals surface area contributed by atoms with E-state index in [1.807, 2.05) is 6.07 Å². The van der Waals surface area contributed by atoms with Gasteiger partial charge in [-0.25, -0.2) is 0 Å². The number of phenolic OH excluding ortho intramolecular Hbond substituents is 1. The van der Waals surface area contributed by atoms with Gasteiger partial charge in [0.2, 0.25) is 0 Å². The number of nitro groups is 1. The number of rotatable bonds is 4. The molecule has 0 amide bonds. The van der Waals surface area contributed by atoms with Gasteiger partial charge in [0, 0.05) is 19.7 Å². The van der Waals surface area contributed by atoms with E-state index >= 15 is 0 Å². The van der Waals surface area contributed by atoms with Crippen LogP contribution >= 0.6 is 0 Å². The summed E-state index contributed by atoms with van der Waals surface area (Å²) in [5, 5.41) is 29.3. The molecule has 0 aliphatic rings. The summed E-state index contributed by atoms with van der Waals surface area (Å²) in [6.07, 6.45) is 0. The van der Waals surface area contributed by atoms with Gasteiger partial charge in [0.05, 0.1) is 16.6 Å². The minimum absolute atomic E-state index is 0.0460. The molecule has 0 atom stereocenters. The first-order valence-corrected chi connectivity index (χ1v) is 6.19. The predicted octanol–water partition coefficient (Wildman–Crippen LogP) is 2.81. The zero-order valence-corrected chi connectivity index (χ0v) is 11.4. The molecule has 0 aliphatic heterocycles. The lowest BCUT2D eigenvalue weighted by molar-refractivity contribution is -0.384. The highest BCUT2D eigenvalue weighted by Crippen LogP contribution is 2.29. The second-order valence-electron chi connectivity index (χ2n) is 4.59. The molecule has 0 spiro atoms. The summed E-state index contributed by atoms with van der Waals surface area (Å²) in [5.74, 6) is 0.166. The Kier molecular flexibility index (Phi) is 4.05. The standard InChI is InChI=1S/C15H13N3O3/c1-17(10-11-2-5-13(19)6-3-11)15-8-12(9-16)4-7-14(15)18(20)21/h2-8,19H,10H2,1H3. The van der Waals surface area contributed by atoms with Gasteiger partial charge in [-0.3, -0.25) is 10.1 Å². The fourth-order valence-corrected chi connectivity index (χ4v) is 2.01. The van der Waals surface area contributed by atoms with Crippen LogP contribution < -0.4 is 4.90 Å². The van der Waals surface area contributed by atoms with Crippen molar-refractivity contribution >= 4 is 11.4 Å². The minimum atomic E-state index is -0.468. The van der Waals surface area contributed by atoms with Gasteiger partial charge < -0.3 is 10.0 Å². The Bertz CT molecular complexity index is 705. The number of phenols is 1. The van der Waals surface area contributed by atoms with E-state index in [4.69, 9.17) is 5.26 Å². The average molecular weight is 283 g/mol. The monoisotopic (exact) mass is 283 g/mol. The summed E-state index contributed by atoms with van der Waals surface area (Å²) < 4.78 is 0. The predicted molar refractivity (Wildman–Crippen MR) is 78.0 cm³/mol. The third-order valence-electron chi connectivity index (χ3n) is 3.07. The number of hydrogen-bond acceptors (Lipinski definition) is 5. The van der Waals surface area contributed by atoms with E-state index in [1.54, 1.807) is 36.2 Å². The van der Waals surface area contributed by atoms with Gasteiger partial charge in [-0.15, -0.1) is 0 Å². The van der Waals surface area contributed by atoms with Crippen molar-refractivity contribution in [1.82, 2.24) is 0 Å². The van der Waals surface area contributed by atoms with E-state index in [2.05, 4.69) is 0 Å². The normalized spacial score (nSPS) is 9.90. The lowest BCUT2D eigenvalue weighted by atomic mass is 10.1. The number of nitrogens with zero attached hydrogens (tertiary/aromatic N) is 3. The average Bonchev–Trinajstić information content (AvgIpc) is 2.48. The summed E-state index contributed by atoms with van der Waals surface area (Å²) in [5.41, 5.74) is 1.60. The largest absolute Gasteiger partial charge is 0.508 e. The Morgan fingerprint density at radius 2 is 1.95 bits per heavy atom. The molecular weight excluding hydrogens is 270 g/mol. The fraction of sp³-hybridized carbons (Fsp3) is 0.133. The molecular formula is C15H13N3O3. The Morgan fingerprint density at radius 3 is 2.52 bits per heavy atom. The molecule has 0 aromatic heterocycles. The molecule has 0 saturated carbocycles. The van der Waals surface area contributed by atoms with Crippen molar-refractivity contribution in [3.63, 3.8) is 0 Å². The van der Waals surface area contributed by atoms with Crippen molar-refractivity contribution < 1.29 is 10.0 Å².